The summed E-state index contributed by atoms with van der Waals surface area (Å²) in [6.45, 7) is 2.98. The summed E-state index contributed by atoms with van der Waals surface area (Å²) in [6.07, 6.45) is 2.86. The Morgan fingerprint density at radius 1 is 1.57 bits per heavy atom. The number of likely N-dealkylation sites (tertiary alicyclic amines) is 1. The Morgan fingerprint density at radius 3 is 3.00 bits per heavy atom. The maximum absolute atomic E-state index is 12.6. The second-order valence-corrected chi connectivity index (χ2v) is 5.86. The van der Waals surface area contributed by atoms with Gasteiger partial charge in [0.15, 0.2) is 0 Å². The fourth-order valence-corrected chi connectivity index (χ4v) is 2.98. The van der Waals surface area contributed by atoms with E-state index in [-0.39, 0.29) is 24.5 Å². The lowest BCUT2D eigenvalue weighted by atomic mass is 10.2. The smallest absolute Gasteiger partial charge is 0.229 e. The molecular formula is C15H21N5O3. The molecule has 2 N–H and O–H groups in total. The average molecular weight is 319 g/mol. The molecule has 0 radical (unpaired) electrons. The number of rotatable bonds is 5. The minimum atomic E-state index is 0.0166. The summed E-state index contributed by atoms with van der Waals surface area (Å²) in [4.78, 5) is 14.5. The molecule has 2 atom stereocenters. The predicted molar refractivity (Wildman–Crippen MR) is 82.5 cm³/mol. The van der Waals surface area contributed by atoms with Gasteiger partial charge >= 0.3 is 0 Å². The molecule has 1 saturated heterocycles. The summed E-state index contributed by atoms with van der Waals surface area (Å²) in [5, 5.41) is 8.09. The van der Waals surface area contributed by atoms with Crippen LogP contribution >= 0.6 is 0 Å². The highest BCUT2D eigenvalue weighted by molar-refractivity contribution is 5.79. The van der Waals surface area contributed by atoms with Crippen molar-refractivity contribution >= 4 is 11.7 Å². The second-order valence-electron chi connectivity index (χ2n) is 5.86. The van der Waals surface area contributed by atoms with Crippen LogP contribution in [0.4, 0.5) is 5.82 Å². The van der Waals surface area contributed by atoms with Gasteiger partial charge in [-0.15, -0.1) is 0 Å². The van der Waals surface area contributed by atoms with Crippen LogP contribution in [0.15, 0.2) is 22.9 Å². The summed E-state index contributed by atoms with van der Waals surface area (Å²) >= 11 is 0. The lowest BCUT2D eigenvalue weighted by Gasteiger charge is -2.24. The molecule has 23 heavy (non-hydrogen) atoms. The fraction of sp³-hybridized carbons (Fsp3) is 0.533. The molecule has 2 aromatic heterocycles. The van der Waals surface area contributed by atoms with Crippen molar-refractivity contribution < 1.29 is 14.1 Å². The molecule has 1 aliphatic heterocycles. The van der Waals surface area contributed by atoms with Gasteiger partial charge in [0.25, 0.3) is 0 Å². The lowest BCUT2D eigenvalue weighted by Crippen LogP contribution is -2.39. The highest BCUT2D eigenvalue weighted by Crippen LogP contribution is 2.22. The first-order chi connectivity index (χ1) is 11.0. The zero-order valence-corrected chi connectivity index (χ0v) is 13.3. The van der Waals surface area contributed by atoms with Crippen molar-refractivity contribution in [3.05, 3.63) is 29.8 Å². The molecule has 0 unspecified atom stereocenters. The Hall–Kier alpha value is -2.35. The van der Waals surface area contributed by atoms with Gasteiger partial charge in [-0.05, 0) is 19.4 Å². The topological polar surface area (TPSA) is 99.4 Å². The van der Waals surface area contributed by atoms with Crippen molar-refractivity contribution in [2.75, 3.05) is 19.4 Å². The average Bonchev–Trinajstić information content (AvgIpc) is 3.21. The number of aryl methyl sites for hydroxylation is 1. The van der Waals surface area contributed by atoms with Gasteiger partial charge in [0.2, 0.25) is 5.91 Å². The first kappa shape index (κ1) is 15.5. The van der Waals surface area contributed by atoms with E-state index >= 15 is 0 Å². The van der Waals surface area contributed by atoms with E-state index in [2.05, 4.69) is 10.3 Å². The van der Waals surface area contributed by atoms with Gasteiger partial charge in [0.05, 0.1) is 30.8 Å². The molecule has 0 aromatic carbocycles. The molecule has 1 fully saturated rings. The number of methoxy groups -OCH3 is 1. The van der Waals surface area contributed by atoms with Gasteiger partial charge in [-0.1, -0.05) is 5.16 Å². The Bertz CT molecular complexity index is 680. The van der Waals surface area contributed by atoms with Crippen LogP contribution < -0.4 is 5.73 Å². The van der Waals surface area contributed by atoms with Gasteiger partial charge < -0.3 is 19.9 Å². The standard InChI is InChI=1S/C15H21N5O3/c1-10-5-11(18-23-10)6-15(21)20-9-13(22-2)7-12(20)8-19-4-3-14(16)17-19/h3-5,12-13H,6-9H2,1-2H3,(H2,16,17)/t12-,13+/m0/s1. The maximum atomic E-state index is 12.6. The van der Waals surface area contributed by atoms with Crippen LogP contribution in [0.25, 0.3) is 0 Å². The minimum Gasteiger partial charge on any atom is -0.382 e. The van der Waals surface area contributed by atoms with E-state index < -0.39 is 0 Å². The van der Waals surface area contributed by atoms with E-state index in [0.29, 0.717) is 30.4 Å². The van der Waals surface area contributed by atoms with Gasteiger partial charge in [-0.25, -0.2) is 0 Å². The number of hydrogen-bond donors (Lipinski definition) is 1. The molecule has 0 spiro atoms. The van der Waals surface area contributed by atoms with E-state index in [1.807, 2.05) is 18.0 Å². The number of nitrogen functional groups attached to an aromatic ring is 1. The maximum Gasteiger partial charge on any atom is 0.229 e. The van der Waals surface area contributed by atoms with E-state index in [9.17, 15) is 4.79 Å². The third kappa shape index (κ3) is 3.53. The Balaban J connectivity index is 1.70. The molecule has 1 aliphatic rings. The number of ether oxygens (including phenoxy) is 1. The van der Waals surface area contributed by atoms with E-state index in [1.165, 1.54) is 0 Å². The normalized spacial score (nSPS) is 21.0. The molecule has 0 saturated carbocycles. The van der Waals surface area contributed by atoms with Gasteiger partial charge in [0, 0.05) is 25.9 Å². The molecule has 0 aliphatic carbocycles. The van der Waals surface area contributed by atoms with Gasteiger partial charge in [-0.3, -0.25) is 9.48 Å². The van der Waals surface area contributed by atoms with Crippen molar-refractivity contribution in [1.82, 2.24) is 19.8 Å². The molecule has 124 valence electrons. The summed E-state index contributed by atoms with van der Waals surface area (Å²) < 4.78 is 12.2. The van der Waals surface area contributed by atoms with Crippen LogP contribution in [0.3, 0.4) is 0 Å². The Morgan fingerprint density at radius 2 is 2.39 bits per heavy atom. The minimum absolute atomic E-state index is 0.0166. The van der Waals surface area contributed by atoms with Crippen LogP contribution in [0.5, 0.6) is 0 Å². The van der Waals surface area contributed by atoms with E-state index in [1.54, 1.807) is 23.9 Å². The number of nitrogens with two attached hydrogens (primary N) is 1. The van der Waals surface area contributed by atoms with Crippen molar-refractivity contribution in [2.45, 2.75) is 38.5 Å². The van der Waals surface area contributed by atoms with Gasteiger partial charge in [-0.2, -0.15) is 5.10 Å². The third-order valence-corrected chi connectivity index (χ3v) is 4.10. The number of amides is 1. The van der Waals surface area contributed by atoms with Crippen LogP contribution in [0.2, 0.25) is 0 Å². The van der Waals surface area contributed by atoms with Crippen molar-refractivity contribution in [3.63, 3.8) is 0 Å². The van der Waals surface area contributed by atoms with Gasteiger partial charge in [0.1, 0.15) is 11.6 Å². The van der Waals surface area contributed by atoms with Crippen molar-refractivity contribution in [3.8, 4) is 0 Å². The van der Waals surface area contributed by atoms with Crippen molar-refractivity contribution in [1.29, 1.82) is 0 Å². The Kier molecular flexibility index (Phi) is 4.33. The number of anilines is 1. The number of carbonyl (C=O) groups excluding carboxylic acids is 1. The number of nitrogens with zero attached hydrogens (tertiary/aromatic N) is 4. The zero-order valence-electron chi connectivity index (χ0n) is 13.3. The molecular weight excluding hydrogens is 298 g/mol. The first-order valence-electron chi connectivity index (χ1n) is 7.58. The highest BCUT2D eigenvalue weighted by atomic mass is 16.5. The monoisotopic (exact) mass is 319 g/mol. The number of aromatic nitrogens is 3. The molecule has 0 bridgehead atoms. The second kappa shape index (κ2) is 6.41. The summed E-state index contributed by atoms with van der Waals surface area (Å²) in [6, 6.07) is 3.55. The van der Waals surface area contributed by atoms with E-state index in [4.69, 9.17) is 15.0 Å². The molecule has 8 nitrogen and oxygen atoms in total. The number of hydrogen-bond acceptors (Lipinski definition) is 6. The summed E-state index contributed by atoms with van der Waals surface area (Å²) in [7, 11) is 1.67. The molecule has 8 heteroatoms. The SMILES string of the molecule is CO[C@@H]1C[C@@H](Cn2ccc(N)n2)N(C(=O)Cc2cc(C)on2)C1. The lowest BCUT2D eigenvalue weighted by molar-refractivity contribution is -0.132. The zero-order chi connectivity index (χ0) is 16.4. The first-order valence-corrected chi connectivity index (χ1v) is 7.58. The van der Waals surface area contributed by atoms with Crippen LogP contribution in [0.1, 0.15) is 17.9 Å². The number of carbonyl (C=O) groups is 1. The largest absolute Gasteiger partial charge is 0.382 e. The fourth-order valence-electron chi connectivity index (χ4n) is 2.98. The highest BCUT2D eigenvalue weighted by Gasteiger charge is 2.35. The van der Waals surface area contributed by atoms with E-state index in [0.717, 1.165) is 6.42 Å². The summed E-state index contributed by atoms with van der Waals surface area (Å²) in [5.74, 6) is 1.19. The van der Waals surface area contributed by atoms with Crippen LogP contribution in [0, 0.1) is 6.92 Å². The quantitative estimate of drug-likeness (QED) is 0.867. The summed E-state index contributed by atoms with van der Waals surface area (Å²) in [5.41, 5.74) is 6.30. The predicted octanol–water partition coefficient (Wildman–Crippen LogP) is 0.620. The van der Waals surface area contributed by atoms with Crippen LogP contribution in [-0.4, -0.2) is 51.5 Å². The van der Waals surface area contributed by atoms with Crippen LogP contribution in [-0.2, 0) is 22.5 Å². The molecule has 2 aromatic rings. The molecule has 3 rings (SSSR count). The molecule has 3 heterocycles. The third-order valence-electron chi connectivity index (χ3n) is 4.10. The van der Waals surface area contributed by atoms with Crippen molar-refractivity contribution in [2.24, 2.45) is 0 Å². The molecule has 1 amide bonds. The Labute approximate surface area is 134 Å².